The number of nitrogens with two attached hydrogens (primary N) is 1. The van der Waals surface area contributed by atoms with Gasteiger partial charge in [-0.05, 0) is 19.9 Å². The van der Waals surface area contributed by atoms with Crippen LogP contribution in [0.3, 0.4) is 0 Å². The minimum absolute atomic E-state index is 0.123. The van der Waals surface area contributed by atoms with Gasteiger partial charge in [0.2, 0.25) is 0 Å². The molecule has 0 amide bonds. The van der Waals surface area contributed by atoms with Gasteiger partial charge in [0.05, 0.1) is 7.11 Å². The van der Waals surface area contributed by atoms with E-state index in [2.05, 4.69) is 0 Å². The molecule has 1 aromatic rings. The lowest BCUT2D eigenvalue weighted by atomic mass is 9.94. The summed E-state index contributed by atoms with van der Waals surface area (Å²) in [6.45, 7) is 3.67. The van der Waals surface area contributed by atoms with Crippen molar-refractivity contribution in [2.75, 3.05) is 7.11 Å². The fourth-order valence-electron chi connectivity index (χ4n) is 1.21. The Morgan fingerprint density at radius 3 is 2.46 bits per heavy atom. The standard InChI is InChI=1S/C10H15NO2/c1-10(2,11)7-5-4-6-8(13-3)9(7)12/h4-6,12H,11H2,1-3H3. The van der Waals surface area contributed by atoms with Gasteiger partial charge >= 0.3 is 0 Å². The summed E-state index contributed by atoms with van der Waals surface area (Å²) in [4.78, 5) is 0. The summed E-state index contributed by atoms with van der Waals surface area (Å²) < 4.78 is 4.98. The van der Waals surface area contributed by atoms with Crippen LogP contribution in [0.2, 0.25) is 0 Å². The van der Waals surface area contributed by atoms with Crippen LogP contribution in [0, 0.1) is 0 Å². The minimum Gasteiger partial charge on any atom is -0.504 e. The van der Waals surface area contributed by atoms with Crippen molar-refractivity contribution < 1.29 is 9.84 Å². The fraction of sp³-hybridized carbons (Fsp3) is 0.400. The van der Waals surface area contributed by atoms with E-state index in [0.717, 1.165) is 0 Å². The van der Waals surface area contributed by atoms with Crippen molar-refractivity contribution in [1.29, 1.82) is 0 Å². The lowest BCUT2D eigenvalue weighted by Gasteiger charge is -2.21. The van der Waals surface area contributed by atoms with Gasteiger partial charge in [0.1, 0.15) is 0 Å². The SMILES string of the molecule is COc1cccc(C(C)(C)N)c1O. The first kappa shape index (κ1) is 9.86. The molecule has 3 heteroatoms. The number of rotatable bonds is 2. The Hall–Kier alpha value is -1.22. The van der Waals surface area contributed by atoms with E-state index in [4.69, 9.17) is 10.5 Å². The quantitative estimate of drug-likeness (QED) is 0.728. The number of hydrogen-bond donors (Lipinski definition) is 2. The molecule has 0 saturated carbocycles. The average Bonchev–Trinajstić information content (AvgIpc) is 2.02. The van der Waals surface area contributed by atoms with Gasteiger partial charge in [-0.15, -0.1) is 0 Å². The summed E-state index contributed by atoms with van der Waals surface area (Å²) in [6, 6.07) is 5.30. The Balaban J connectivity index is 3.24. The molecule has 1 rings (SSSR count). The van der Waals surface area contributed by atoms with Gasteiger partial charge in [-0.25, -0.2) is 0 Å². The van der Waals surface area contributed by atoms with Crippen LogP contribution in [0.15, 0.2) is 18.2 Å². The molecule has 0 fully saturated rings. The summed E-state index contributed by atoms with van der Waals surface area (Å²) in [5.41, 5.74) is 6.00. The van der Waals surface area contributed by atoms with Crippen molar-refractivity contribution >= 4 is 0 Å². The first-order chi connectivity index (χ1) is 5.96. The van der Waals surface area contributed by atoms with Crippen LogP contribution in [0.5, 0.6) is 11.5 Å². The second-order valence-electron chi connectivity index (χ2n) is 3.58. The molecule has 0 unspecified atom stereocenters. The van der Waals surface area contributed by atoms with Crippen molar-refractivity contribution in [2.24, 2.45) is 5.73 Å². The number of methoxy groups -OCH3 is 1. The van der Waals surface area contributed by atoms with Crippen LogP contribution in [0.1, 0.15) is 19.4 Å². The molecule has 0 saturated heterocycles. The highest BCUT2D eigenvalue weighted by molar-refractivity contribution is 5.48. The third kappa shape index (κ3) is 1.92. The first-order valence-corrected chi connectivity index (χ1v) is 4.12. The number of benzene rings is 1. The second kappa shape index (κ2) is 3.26. The van der Waals surface area contributed by atoms with E-state index < -0.39 is 5.54 Å². The summed E-state index contributed by atoms with van der Waals surface area (Å²) in [5.74, 6) is 0.577. The number of hydrogen-bond acceptors (Lipinski definition) is 3. The number of para-hydroxylation sites is 1. The van der Waals surface area contributed by atoms with E-state index in [1.165, 1.54) is 7.11 Å². The predicted molar refractivity (Wildman–Crippen MR) is 51.9 cm³/mol. The first-order valence-electron chi connectivity index (χ1n) is 4.12. The van der Waals surface area contributed by atoms with E-state index in [-0.39, 0.29) is 5.75 Å². The van der Waals surface area contributed by atoms with Crippen molar-refractivity contribution in [3.05, 3.63) is 23.8 Å². The van der Waals surface area contributed by atoms with Crippen molar-refractivity contribution in [3.63, 3.8) is 0 Å². The maximum atomic E-state index is 9.72. The van der Waals surface area contributed by atoms with Gasteiger partial charge in [0.25, 0.3) is 0 Å². The van der Waals surface area contributed by atoms with E-state index in [1.54, 1.807) is 12.1 Å². The molecule has 0 aliphatic heterocycles. The van der Waals surface area contributed by atoms with Crippen molar-refractivity contribution in [3.8, 4) is 11.5 Å². The van der Waals surface area contributed by atoms with Crippen molar-refractivity contribution in [1.82, 2.24) is 0 Å². The number of phenolic OH excluding ortho intramolecular Hbond substituents is 1. The zero-order valence-electron chi connectivity index (χ0n) is 8.16. The molecule has 1 aromatic carbocycles. The summed E-state index contributed by atoms with van der Waals surface area (Å²) >= 11 is 0. The molecule has 0 heterocycles. The molecule has 3 N–H and O–H groups in total. The molecule has 0 aliphatic rings. The average molecular weight is 181 g/mol. The molecule has 72 valence electrons. The zero-order chi connectivity index (χ0) is 10.1. The second-order valence-corrected chi connectivity index (χ2v) is 3.58. The molecular weight excluding hydrogens is 166 g/mol. The Morgan fingerprint density at radius 2 is 2.00 bits per heavy atom. The van der Waals surface area contributed by atoms with E-state index in [9.17, 15) is 5.11 Å². The fourth-order valence-corrected chi connectivity index (χ4v) is 1.21. The molecule has 0 atom stereocenters. The topological polar surface area (TPSA) is 55.5 Å². The normalized spacial score (nSPS) is 11.4. The molecule has 3 nitrogen and oxygen atoms in total. The lowest BCUT2D eigenvalue weighted by molar-refractivity contribution is 0.363. The molecule has 0 bridgehead atoms. The van der Waals surface area contributed by atoms with Crippen molar-refractivity contribution in [2.45, 2.75) is 19.4 Å². The highest BCUT2D eigenvalue weighted by atomic mass is 16.5. The monoisotopic (exact) mass is 181 g/mol. The third-order valence-corrected chi connectivity index (χ3v) is 1.91. The van der Waals surface area contributed by atoms with Gasteiger partial charge in [0.15, 0.2) is 11.5 Å². The van der Waals surface area contributed by atoms with Gasteiger partial charge in [0, 0.05) is 11.1 Å². The highest BCUT2D eigenvalue weighted by Gasteiger charge is 2.20. The molecule has 0 aliphatic carbocycles. The van der Waals surface area contributed by atoms with Gasteiger partial charge < -0.3 is 15.6 Å². The summed E-state index contributed by atoms with van der Waals surface area (Å²) in [7, 11) is 1.52. The van der Waals surface area contributed by atoms with Crippen LogP contribution in [0.25, 0.3) is 0 Å². The summed E-state index contributed by atoms with van der Waals surface area (Å²) in [6.07, 6.45) is 0. The smallest absolute Gasteiger partial charge is 0.162 e. The van der Waals surface area contributed by atoms with Gasteiger partial charge in [-0.3, -0.25) is 0 Å². The third-order valence-electron chi connectivity index (χ3n) is 1.91. The molecule has 13 heavy (non-hydrogen) atoms. The Morgan fingerprint density at radius 1 is 1.38 bits per heavy atom. The van der Waals surface area contributed by atoms with Crippen LogP contribution >= 0.6 is 0 Å². The minimum atomic E-state index is -0.557. The van der Waals surface area contributed by atoms with Crippen LogP contribution in [0.4, 0.5) is 0 Å². The number of phenols is 1. The van der Waals surface area contributed by atoms with Gasteiger partial charge in [-0.1, -0.05) is 12.1 Å². The number of aromatic hydroxyl groups is 1. The Kier molecular flexibility index (Phi) is 2.48. The molecule has 0 radical (unpaired) electrons. The maximum Gasteiger partial charge on any atom is 0.162 e. The Labute approximate surface area is 78.1 Å². The van der Waals surface area contributed by atoms with E-state index >= 15 is 0 Å². The van der Waals surface area contributed by atoms with Crippen LogP contribution in [-0.4, -0.2) is 12.2 Å². The van der Waals surface area contributed by atoms with E-state index in [1.807, 2.05) is 19.9 Å². The van der Waals surface area contributed by atoms with E-state index in [0.29, 0.717) is 11.3 Å². The number of ether oxygens (including phenoxy) is 1. The van der Waals surface area contributed by atoms with Gasteiger partial charge in [-0.2, -0.15) is 0 Å². The molecule has 0 aromatic heterocycles. The van der Waals surface area contributed by atoms with Crippen LogP contribution in [-0.2, 0) is 5.54 Å². The lowest BCUT2D eigenvalue weighted by Crippen LogP contribution is -2.28. The summed E-state index contributed by atoms with van der Waals surface area (Å²) in [5, 5.41) is 9.72. The zero-order valence-corrected chi connectivity index (χ0v) is 8.16. The largest absolute Gasteiger partial charge is 0.504 e. The maximum absolute atomic E-state index is 9.72. The van der Waals surface area contributed by atoms with Crippen LogP contribution < -0.4 is 10.5 Å². The molecule has 0 spiro atoms. The molecular formula is C10H15NO2. The predicted octanol–water partition coefficient (Wildman–Crippen LogP) is 1.59. The highest BCUT2D eigenvalue weighted by Crippen LogP contribution is 2.34. The Bertz CT molecular complexity index is 302.